The maximum Gasteiger partial charge on any atom is 0.407 e. The number of amides is 5. The molecule has 4 aromatic heterocycles. The minimum Gasteiger partial charge on any atom is -0.444 e. The molecule has 6 rings (SSSR count). The molecule has 19 heteroatoms. The Kier molecular flexibility index (Phi) is 11.8. The SMILES string of the molecule is CCn1nc(C)cc1C(=O)Nc1nc2cc(C(N)=O)ccc2n1CCCCn1c(NC(=O)c2cc(C)nn2CC)nc2cc(C(N)=O)cc(CNC(=O)OC(C)(C)C)c21. The molecule has 5 amide bonds. The summed E-state index contributed by atoms with van der Waals surface area (Å²) in [6.45, 7) is 14.2. The van der Waals surface area contributed by atoms with Gasteiger partial charge in [-0.1, -0.05) is 0 Å². The van der Waals surface area contributed by atoms with Crippen molar-refractivity contribution in [1.82, 2.24) is 44.0 Å². The number of fused-ring (bicyclic) bond motifs is 2. The molecule has 0 atom stereocenters. The number of anilines is 2. The third kappa shape index (κ3) is 9.24. The number of aromatic nitrogens is 8. The number of carbonyl (C=O) groups is 5. The Hall–Kier alpha value is -7.05. The number of alkyl carbamates (subject to hydrolysis) is 1. The number of nitrogens with two attached hydrogens (primary N) is 2. The third-order valence-electron chi connectivity index (χ3n) is 9.39. The molecule has 59 heavy (non-hydrogen) atoms. The number of nitrogens with zero attached hydrogens (tertiary/aromatic N) is 8. The summed E-state index contributed by atoms with van der Waals surface area (Å²) >= 11 is 0. The zero-order chi connectivity index (χ0) is 42.8. The molecule has 0 radical (unpaired) electrons. The van der Waals surface area contributed by atoms with Gasteiger partial charge < -0.3 is 30.7 Å². The highest BCUT2D eigenvalue weighted by Gasteiger charge is 2.24. The number of benzene rings is 2. The van der Waals surface area contributed by atoms with E-state index in [-0.39, 0.29) is 29.6 Å². The largest absolute Gasteiger partial charge is 0.444 e. The third-order valence-corrected chi connectivity index (χ3v) is 9.39. The predicted octanol–water partition coefficient (Wildman–Crippen LogP) is 4.64. The summed E-state index contributed by atoms with van der Waals surface area (Å²) in [7, 11) is 0. The Labute approximate surface area is 339 Å². The van der Waals surface area contributed by atoms with Crippen molar-refractivity contribution < 1.29 is 28.7 Å². The van der Waals surface area contributed by atoms with Crippen molar-refractivity contribution in [1.29, 1.82) is 0 Å². The van der Waals surface area contributed by atoms with Crippen LogP contribution in [0, 0.1) is 13.8 Å². The van der Waals surface area contributed by atoms with E-state index in [1.807, 2.05) is 29.9 Å². The Morgan fingerprint density at radius 1 is 0.712 bits per heavy atom. The summed E-state index contributed by atoms with van der Waals surface area (Å²) in [5.41, 5.74) is 15.6. The van der Waals surface area contributed by atoms with Crippen LogP contribution in [0.2, 0.25) is 0 Å². The number of aryl methyl sites for hydroxylation is 6. The van der Waals surface area contributed by atoms with Crippen molar-refractivity contribution >= 4 is 63.7 Å². The van der Waals surface area contributed by atoms with E-state index in [1.165, 1.54) is 0 Å². The van der Waals surface area contributed by atoms with Crippen LogP contribution in [-0.2, 0) is 37.5 Å². The van der Waals surface area contributed by atoms with Gasteiger partial charge >= 0.3 is 6.09 Å². The van der Waals surface area contributed by atoms with Gasteiger partial charge in [-0.15, -0.1) is 0 Å². The molecule has 310 valence electrons. The van der Waals surface area contributed by atoms with E-state index in [9.17, 15) is 24.0 Å². The maximum absolute atomic E-state index is 13.7. The summed E-state index contributed by atoms with van der Waals surface area (Å²) in [5.74, 6) is -1.66. The molecule has 0 saturated heterocycles. The second-order valence-electron chi connectivity index (χ2n) is 15.1. The van der Waals surface area contributed by atoms with Gasteiger partial charge in [-0.05, 0) is 109 Å². The number of rotatable bonds is 15. The fraction of sp³-hybridized carbons (Fsp3) is 0.375. The van der Waals surface area contributed by atoms with Crippen molar-refractivity contribution in [3.8, 4) is 0 Å². The number of imidazole rings is 2. The normalized spacial score (nSPS) is 11.6. The first-order valence-electron chi connectivity index (χ1n) is 19.3. The molecule has 0 aliphatic rings. The molecule has 2 aromatic carbocycles. The maximum atomic E-state index is 13.7. The summed E-state index contributed by atoms with van der Waals surface area (Å²) < 4.78 is 12.3. The predicted molar refractivity (Wildman–Crippen MR) is 220 cm³/mol. The molecule has 6 aromatic rings. The zero-order valence-corrected chi connectivity index (χ0v) is 34.2. The van der Waals surface area contributed by atoms with E-state index in [1.54, 1.807) is 79.5 Å². The fourth-order valence-corrected chi connectivity index (χ4v) is 6.84. The summed E-state index contributed by atoms with van der Waals surface area (Å²) in [4.78, 5) is 73.9. The summed E-state index contributed by atoms with van der Waals surface area (Å²) in [6.07, 6.45) is 0.397. The molecular formula is C40H49N13O6. The van der Waals surface area contributed by atoms with Crippen LogP contribution in [0.25, 0.3) is 22.1 Å². The molecule has 7 N–H and O–H groups in total. The second kappa shape index (κ2) is 16.8. The molecule has 0 bridgehead atoms. The van der Waals surface area contributed by atoms with Gasteiger partial charge in [0.2, 0.25) is 23.7 Å². The van der Waals surface area contributed by atoms with Gasteiger partial charge in [0.1, 0.15) is 17.0 Å². The Morgan fingerprint density at radius 3 is 1.78 bits per heavy atom. The lowest BCUT2D eigenvalue weighted by Crippen LogP contribution is -2.32. The van der Waals surface area contributed by atoms with Gasteiger partial charge in [-0.25, -0.2) is 14.8 Å². The molecule has 0 saturated carbocycles. The highest BCUT2D eigenvalue weighted by atomic mass is 16.6. The number of hydrogen-bond acceptors (Lipinski definition) is 10. The average molecular weight is 808 g/mol. The molecule has 19 nitrogen and oxygen atoms in total. The minimum absolute atomic E-state index is 0.0404. The molecule has 0 aliphatic heterocycles. The number of unbranched alkanes of at least 4 members (excludes halogenated alkanes) is 1. The van der Waals surface area contributed by atoms with Crippen LogP contribution in [-0.4, -0.2) is 74.0 Å². The highest BCUT2D eigenvalue weighted by Crippen LogP contribution is 2.28. The molecule has 4 heterocycles. The van der Waals surface area contributed by atoms with Crippen LogP contribution in [0.4, 0.5) is 16.7 Å². The fourth-order valence-electron chi connectivity index (χ4n) is 6.84. The molecule has 0 aliphatic carbocycles. The van der Waals surface area contributed by atoms with E-state index >= 15 is 0 Å². The Balaban J connectivity index is 1.34. The van der Waals surface area contributed by atoms with E-state index in [0.29, 0.717) is 89.4 Å². The molecular weight excluding hydrogens is 759 g/mol. The van der Waals surface area contributed by atoms with Gasteiger partial charge in [0.05, 0.1) is 33.5 Å². The van der Waals surface area contributed by atoms with Gasteiger partial charge in [-0.3, -0.25) is 39.2 Å². The number of hydrogen-bond donors (Lipinski definition) is 5. The number of ether oxygens (including phenoxy) is 1. The number of carbonyl (C=O) groups excluding carboxylic acids is 5. The average Bonchev–Trinajstić information content (AvgIpc) is 3.93. The van der Waals surface area contributed by atoms with Crippen molar-refractivity contribution in [2.45, 2.75) is 99.6 Å². The lowest BCUT2D eigenvalue weighted by Gasteiger charge is -2.20. The first kappa shape index (κ1) is 41.6. The molecule has 0 fully saturated rings. The van der Waals surface area contributed by atoms with Gasteiger partial charge in [0.25, 0.3) is 11.8 Å². The monoisotopic (exact) mass is 807 g/mol. The zero-order valence-electron chi connectivity index (χ0n) is 34.2. The quantitative estimate of drug-likeness (QED) is 0.0899. The number of primary amides is 2. The topological polar surface area (TPSA) is 254 Å². The van der Waals surface area contributed by atoms with Crippen LogP contribution in [0.5, 0.6) is 0 Å². The highest BCUT2D eigenvalue weighted by molar-refractivity contribution is 6.05. The smallest absolute Gasteiger partial charge is 0.407 e. The summed E-state index contributed by atoms with van der Waals surface area (Å²) in [6, 6.07) is 11.4. The molecule has 0 unspecified atom stereocenters. The number of nitrogens with one attached hydrogen (secondary N) is 3. The van der Waals surface area contributed by atoms with Crippen LogP contribution in [0.15, 0.2) is 42.5 Å². The van der Waals surface area contributed by atoms with Gasteiger partial charge in [0.15, 0.2) is 0 Å². The van der Waals surface area contributed by atoms with Crippen molar-refractivity contribution in [2.24, 2.45) is 11.5 Å². The first-order valence-corrected chi connectivity index (χ1v) is 19.3. The standard InChI is InChI=1S/C40H49N13O6/c1-8-52-30(16-22(3)48-52)35(56)46-37-44-27-19-24(33(41)54)12-13-29(27)50(37)14-10-11-15-51-32-26(21-43-39(58)59-40(5,6)7)18-25(34(42)55)20-28(32)45-38(51)47-36(57)31-17-23(4)49-53(31)9-2/h12-13,16-20H,8-11,14-15,21H2,1-7H3,(H2,41,54)(H2,42,55)(H,43,58)(H,44,46,56)(H,45,47,57). The van der Waals surface area contributed by atoms with Crippen LogP contribution >= 0.6 is 0 Å². The van der Waals surface area contributed by atoms with Gasteiger partial charge in [-0.2, -0.15) is 10.2 Å². The van der Waals surface area contributed by atoms with Gasteiger partial charge in [0, 0.05) is 43.9 Å². The van der Waals surface area contributed by atoms with E-state index in [0.717, 1.165) is 0 Å². The second-order valence-corrected chi connectivity index (χ2v) is 15.1. The van der Waals surface area contributed by atoms with E-state index in [4.69, 9.17) is 21.2 Å². The lowest BCUT2D eigenvalue weighted by atomic mass is 10.1. The lowest BCUT2D eigenvalue weighted by molar-refractivity contribution is 0.0523. The summed E-state index contributed by atoms with van der Waals surface area (Å²) in [5, 5.41) is 17.4. The van der Waals surface area contributed by atoms with Crippen molar-refractivity contribution in [3.05, 3.63) is 81.9 Å². The molecule has 0 spiro atoms. The van der Waals surface area contributed by atoms with Crippen molar-refractivity contribution in [2.75, 3.05) is 10.6 Å². The first-order chi connectivity index (χ1) is 28.0. The minimum atomic E-state index is -0.748. The van der Waals surface area contributed by atoms with Crippen molar-refractivity contribution in [3.63, 3.8) is 0 Å². The van der Waals surface area contributed by atoms with Crippen LogP contribution in [0.3, 0.4) is 0 Å². The van der Waals surface area contributed by atoms with Crippen LogP contribution in [0.1, 0.15) is 106 Å². The Bertz CT molecular complexity index is 2610. The van der Waals surface area contributed by atoms with Crippen LogP contribution < -0.4 is 27.4 Å². The Morgan fingerprint density at radius 2 is 1.24 bits per heavy atom. The van der Waals surface area contributed by atoms with E-state index in [2.05, 4.69) is 31.1 Å². The van der Waals surface area contributed by atoms with E-state index < -0.39 is 35.3 Å².